The van der Waals surface area contributed by atoms with Gasteiger partial charge in [-0.1, -0.05) is 29.8 Å². The van der Waals surface area contributed by atoms with Crippen molar-refractivity contribution in [2.75, 3.05) is 11.1 Å². The molecule has 31 heavy (non-hydrogen) atoms. The fourth-order valence-electron chi connectivity index (χ4n) is 3.08. The normalized spacial score (nSPS) is 11.5. The molecule has 0 aliphatic rings. The number of aromatic nitrogens is 2. The lowest BCUT2D eigenvalue weighted by atomic mass is 10.0. The first kappa shape index (κ1) is 20.6. The molecule has 0 saturated heterocycles. The molecule has 3 aromatic carbocycles. The maximum absolute atomic E-state index is 12.9. The van der Waals surface area contributed by atoms with E-state index in [1.807, 2.05) is 12.1 Å². The summed E-state index contributed by atoms with van der Waals surface area (Å²) in [7, 11) is 0. The number of halogens is 4. The third-order valence-electron chi connectivity index (χ3n) is 4.59. The molecule has 1 aromatic heterocycles. The van der Waals surface area contributed by atoms with E-state index in [2.05, 4.69) is 15.3 Å². The Morgan fingerprint density at radius 1 is 1.00 bits per heavy atom. The van der Waals surface area contributed by atoms with Crippen molar-refractivity contribution in [3.63, 3.8) is 0 Å². The van der Waals surface area contributed by atoms with Gasteiger partial charge in [0.15, 0.2) is 0 Å². The van der Waals surface area contributed by atoms with Crippen LogP contribution in [0.3, 0.4) is 0 Å². The number of anilines is 2. The van der Waals surface area contributed by atoms with E-state index in [1.54, 1.807) is 30.5 Å². The number of benzene rings is 3. The van der Waals surface area contributed by atoms with E-state index >= 15 is 0 Å². The van der Waals surface area contributed by atoms with Crippen molar-refractivity contribution in [2.45, 2.75) is 6.18 Å². The van der Waals surface area contributed by atoms with Crippen LogP contribution in [0.4, 0.5) is 24.8 Å². The van der Waals surface area contributed by atoms with E-state index in [9.17, 15) is 18.0 Å². The molecule has 0 radical (unpaired) electrons. The van der Waals surface area contributed by atoms with Crippen LogP contribution in [0.15, 0.2) is 66.9 Å². The minimum absolute atomic E-state index is 0.0155. The molecule has 0 aliphatic carbocycles. The highest BCUT2D eigenvalue weighted by molar-refractivity contribution is 6.34. The van der Waals surface area contributed by atoms with Gasteiger partial charge < -0.3 is 11.1 Å². The van der Waals surface area contributed by atoms with Crippen molar-refractivity contribution in [3.8, 4) is 11.1 Å². The van der Waals surface area contributed by atoms with E-state index in [1.165, 1.54) is 12.1 Å². The van der Waals surface area contributed by atoms with Crippen LogP contribution in [0, 0.1) is 0 Å². The second-order valence-corrected chi connectivity index (χ2v) is 7.14. The van der Waals surface area contributed by atoms with Gasteiger partial charge in [-0.3, -0.25) is 4.79 Å². The summed E-state index contributed by atoms with van der Waals surface area (Å²) < 4.78 is 38.7. The molecule has 0 unspecified atom stereocenters. The molecule has 0 atom stereocenters. The average Bonchev–Trinajstić information content (AvgIpc) is 2.73. The topological polar surface area (TPSA) is 80.9 Å². The van der Waals surface area contributed by atoms with Crippen LogP contribution in [0.2, 0.25) is 5.02 Å². The number of nitrogens with zero attached hydrogens (tertiary/aromatic N) is 2. The van der Waals surface area contributed by atoms with Crippen molar-refractivity contribution in [1.29, 1.82) is 0 Å². The van der Waals surface area contributed by atoms with E-state index < -0.39 is 17.6 Å². The molecular formula is C22H14ClF3N4O. The smallest absolute Gasteiger partial charge is 0.368 e. The lowest BCUT2D eigenvalue weighted by molar-refractivity contribution is -0.137. The van der Waals surface area contributed by atoms with Crippen LogP contribution in [-0.4, -0.2) is 15.9 Å². The van der Waals surface area contributed by atoms with E-state index in [4.69, 9.17) is 17.3 Å². The maximum Gasteiger partial charge on any atom is 0.416 e. The van der Waals surface area contributed by atoms with Crippen molar-refractivity contribution in [2.24, 2.45) is 0 Å². The fourth-order valence-corrected chi connectivity index (χ4v) is 3.28. The van der Waals surface area contributed by atoms with Crippen molar-refractivity contribution in [3.05, 3.63) is 83.0 Å². The molecule has 5 nitrogen and oxygen atoms in total. The highest BCUT2D eigenvalue weighted by Crippen LogP contribution is 2.31. The van der Waals surface area contributed by atoms with E-state index in [0.717, 1.165) is 23.1 Å². The van der Waals surface area contributed by atoms with Crippen LogP contribution in [0.1, 0.15) is 15.9 Å². The van der Waals surface area contributed by atoms with Crippen molar-refractivity contribution >= 4 is 40.0 Å². The molecule has 9 heteroatoms. The summed E-state index contributed by atoms with van der Waals surface area (Å²) in [6, 6.07) is 14.7. The number of fused-ring (bicyclic) bond motifs is 1. The third-order valence-corrected chi connectivity index (χ3v) is 4.92. The zero-order valence-corrected chi connectivity index (χ0v) is 16.5. The molecule has 1 amide bonds. The van der Waals surface area contributed by atoms with Crippen LogP contribution in [0.25, 0.3) is 22.0 Å². The fraction of sp³-hybridized carbons (Fsp3) is 0.0455. The lowest BCUT2D eigenvalue weighted by Gasteiger charge is -2.12. The second-order valence-electron chi connectivity index (χ2n) is 6.73. The molecule has 0 spiro atoms. The number of hydrogen-bond acceptors (Lipinski definition) is 4. The number of carbonyl (C=O) groups excluding carboxylic acids is 1. The van der Waals surface area contributed by atoms with Gasteiger partial charge in [0.1, 0.15) is 0 Å². The monoisotopic (exact) mass is 442 g/mol. The molecule has 156 valence electrons. The van der Waals surface area contributed by atoms with Gasteiger partial charge in [0.25, 0.3) is 5.91 Å². The van der Waals surface area contributed by atoms with Gasteiger partial charge in [0.2, 0.25) is 5.95 Å². The van der Waals surface area contributed by atoms with Gasteiger partial charge in [0.05, 0.1) is 21.7 Å². The van der Waals surface area contributed by atoms with Crippen molar-refractivity contribution in [1.82, 2.24) is 9.97 Å². The quantitative estimate of drug-likeness (QED) is 0.420. The summed E-state index contributed by atoms with van der Waals surface area (Å²) in [5.41, 5.74) is 7.03. The summed E-state index contributed by atoms with van der Waals surface area (Å²) in [4.78, 5) is 20.8. The first-order valence-electron chi connectivity index (χ1n) is 9.01. The number of nitrogens with two attached hydrogens (primary N) is 1. The molecule has 4 rings (SSSR count). The summed E-state index contributed by atoms with van der Waals surface area (Å²) in [5.74, 6) is -0.455. The average molecular weight is 443 g/mol. The van der Waals surface area contributed by atoms with Gasteiger partial charge in [0, 0.05) is 17.3 Å². The predicted molar refractivity (Wildman–Crippen MR) is 114 cm³/mol. The Morgan fingerprint density at radius 3 is 2.52 bits per heavy atom. The summed E-state index contributed by atoms with van der Waals surface area (Å²) in [6.45, 7) is 0. The minimum Gasteiger partial charge on any atom is -0.368 e. The molecule has 1 heterocycles. The Balaban J connectivity index is 1.65. The third kappa shape index (κ3) is 4.44. The zero-order valence-electron chi connectivity index (χ0n) is 15.7. The molecule has 0 fully saturated rings. The predicted octanol–water partition coefficient (Wildman–Crippen LogP) is 5.80. The van der Waals surface area contributed by atoms with Crippen LogP contribution in [-0.2, 0) is 6.18 Å². The van der Waals surface area contributed by atoms with Crippen LogP contribution < -0.4 is 11.1 Å². The first-order valence-corrected chi connectivity index (χ1v) is 9.39. The van der Waals surface area contributed by atoms with Gasteiger partial charge in [-0.15, -0.1) is 0 Å². The Bertz CT molecular complexity index is 1310. The number of rotatable bonds is 3. The van der Waals surface area contributed by atoms with E-state index in [0.29, 0.717) is 11.1 Å². The molecule has 0 bridgehead atoms. The zero-order chi connectivity index (χ0) is 22.2. The van der Waals surface area contributed by atoms with E-state index in [-0.39, 0.29) is 22.2 Å². The minimum atomic E-state index is -4.51. The Morgan fingerprint density at radius 2 is 1.74 bits per heavy atom. The molecule has 4 aromatic rings. The number of nitrogen functional groups attached to an aromatic ring is 1. The molecule has 0 aliphatic heterocycles. The number of nitrogens with one attached hydrogen (secondary N) is 1. The molecule has 0 saturated carbocycles. The number of amides is 1. The van der Waals surface area contributed by atoms with Crippen LogP contribution >= 0.6 is 11.6 Å². The Labute approximate surface area is 179 Å². The highest BCUT2D eigenvalue weighted by atomic mass is 35.5. The molecule has 3 N–H and O–H groups in total. The largest absolute Gasteiger partial charge is 0.416 e. The second kappa shape index (κ2) is 7.88. The number of alkyl halides is 3. The van der Waals surface area contributed by atoms with Gasteiger partial charge in [-0.2, -0.15) is 13.2 Å². The van der Waals surface area contributed by atoms with Gasteiger partial charge >= 0.3 is 6.18 Å². The number of carbonyl (C=O) groups is 1. The Hall–Kier alpha value is -3.65. The van der Waals surface area contributed by atoms with Gasteiger partial charge in [-0.05, 0) is 53.6 Å². The summed E-state index contributed by atoms with van der Waals surface area (Å²) in [5, 5.41) is 3.40. The van der Waals surface area contributed by atoms with Crippen molar-refractivity contribution < 1.29 is 18.0 Å². The maximum atomic E-state index is 12.9. The standard InChI is InChI=1S/C22H14ClF3N4O/c23-18-6-4-13(12-5-7-19-14(8-12)11-28-21(27)30-19)9-17(18)20(31)29-16-3-1-2-15(10-16)22(24,25)26/h1-11H,(H,29,31)(H2,27,28,30). The molecular weight excluding hydrogens is 429 g/mol. The van der Waals surface area contributed by atoms with Crippen LogP contribution in [0.5, 0.6) is 0 Å². The van der Waals surface area contributed by atoms with Gasteiger partial charge in [-0.25, -0.2) is 9.97 Å². The Kier molecular flexibility index (Phi) is 5.24. The summed E-state index contributed by atoms with van der Waals surface area (Å²) >= 11 is 6.19. The number of hydrogen-bond donors (Lipinski definition) is 2. The SMILES string of the molecule is Nc1ncc2cc(-c3ccc(Cl)c(C(=O)Nc4cccc(C(F)(F)F)c4)c3)ccc2n1. The summed E-state index contributed by atoms with van der Waals surface area (Å²) in [6.07, 6.45) is -2.92. The lowest BCUT2D eigenvalue weighted by Crippen LogP contribution is -2.13. The highest BCUT2D eigenvalue weighted by Gasteiger charge is 2.30. The first-order chi connectivity index (χ1) is 14.7.